The van der Waals surface area contributed by atoms with Crippen molar-refractivity contribution in [3.8, 4) is 0 Å². The van der Waals surface area contributed by atoms with Crippen molar-refractivity contribution < 1.29 is 17.9 Å². The van der Waals surface area contributed by atoms with Crippen molar-refractivity contribution in [1.29, 1.82) is 0 Å². The molecule has 1 nitrogen and oxygen atoms in total. The molecule has 0 saturated carbocycles. The summed E-state index contributed by atoms with van der Waals surface area (Å²) in [6.45, 7) is -1.23. The van der Waals surface area contributed by atoms with E-state index in [-0.39, 0.29) is 11.4 Å². The van der Waals surface area contributed by atoms with Crippen LogP contribution >= 0.6 is 59.1 Å². The second-order valence-corrected chi connectivity index (χ2v) is 7.23. The molecule has 1 heterocycles. The highest BCUT2D eigenvalue weighted by atomic mass is 79.9. The topological polar surface area (TPSA) is 9.23 Å². The van der Waals surface area contributed by atoms with Crippen LogP contribution in [0.15, 0.2) is 14.3 Å². The lowest BCUT2D eigenvalue weighted by Crippen LogP contribution is -2.18. The van der Waals surface area contributed by atoms with E-state index in [2.05, 4.69) is 52.5 Å². The van der Waals surface area contributed by atoms with Crippen LogP contribution in [-0.2, 0) is 4.74 Å². The molecule has 0 saturated heterocycles. The Bertz CT molecular complexity index is 333. The molecule has 0 aliphatic rings. The van der Waals surface area contributed by atoms with Crippen LogP contribution in [0.4, 0.5) is 13.2 Å². The first kappa shape index (κ1) is 14.9. The van der Waals surface area contributed by atoms with Crippen molar-refractivity contribution in [2.75, 3.05) is 13.2 Å². The number of hydrogen-bond acceptors (Lipinski definition) is 2. The molecule has 16 heavy (non-hydrogen) atoms. The van der Waals surface area contributed by atoms with Gasteiger partial charge in [0, 0.05) is 9.35 Å². The molecule has 0 radical (unpaired) electrons. The Morgan fingerprint density at radius 3 is 2.44 bits per heavy atom. The lowest BCUT2D eigenvalue weighted by atomic mass is 10.4. The van der Waals surface area contributed by atoms with Gasteiger partial charge in [0.15, 0.2) is 0 Å². The molecular weight excluding hydrogens is 441 g/mol. The number of alkyl halides is 4. The fraction of sp³-hybridized carbons (Fsp3) is 0.500. The van der Waals surface area contributed by atoms with E-state index in [1.807, 2.05) is 6.07 Å². The lowest BCUT2D eigenvalue weighted by Gasteiger charge is -2.10. The molecule has 0 spiro atoms. The van der Waals surface area contributed by atoms with E-state index in [1.165, 1.54) is 11.3 Å². The lowest BCUT2D eigenvalue weighted by molar-refractivity contribution is -0.173. The van der Waals surface area contributed by atoms with Gasteiger partial charge in [-0.3, -0.25) is 0 Å². The largest absolute Gasteiger partial charge is 0.411 e. The van der Waals surface area contributed by atoms with Crippen molar-refractivity contribution in [1.82, 2.24) is 0 Å². The molecule has 8 heteroatoms. The Kier molecular flexibility index (Phi) is 5.77. The fourth-order valence-electron chi connectivity index (χ4n) is 0.878. The highest BCUT2D eigenvalue weighted by Crippen LogP contribution is 2.38. The van der Waals surface area contributed by atoms with E-state index in [0.717, 1.165) is 13.1 Å². The highest BCUT2D eigenvalue weighted by molar-refractivity contribution is 9.13. The summed E-state index contributed by atoms with van der Waals surface area (Å²) in [6, 6.07) is 1.84. The van der Waals surface area contributed by atoms with Crippen LogP contribution in [-0.4, -0.2) is 19.4 Å². The Balaban J connectivity index is 2.44. The third-order valence-electron chi connectivity index (χ3n) is 1.50. The van der Waals surface area contributed by atoms with E-state index in [1.54, 1.807) is 0 Å². The molecule has 92 valence electrons. The maximum Gasteiger partial charge on any atom is 0.411 e. The van der Waals surface area contributed by atoms with Gasteiger partial charge in [0.25, 0.3) is 0 Å². The van der Waals surface area contributed by atoms with E-state index in [0.29, 0.717) is 0 Å². The van der Waals surface area contributed by atoms with Crippen LogP contribution in [0.2, 0.25) is 0 Å². The van der Waals surface area contributed by atoms with Gasteiger partial charge >= 0.3 is 6.18 Å². The van der Waals surface area contributed by atoms with Gasteiger partial charge in [0.05, 0.1) is 15.2 Å². The van der Waals surface area contributed by atoms with Gasteiger partial charge in [-0.15, -0.1) is 11.3 Å². The molecule has 1 rings (SSSR count). The number of rotatable bonds is 4. The summed E-state index contributed by atoms with van der Waals surface area (Å²) >= 11 is 11.3. The van der Waals surface area contributed by atoms with Gasteiger partial charge in [-0.1, -0.05) is 15.9 Å². The zero-order chi connectivity index (χ0) is 12.3. The van der Waals surface area contributed by atoms with E-state index in [4.69, 9.17) is 0 Å². The minimum absolute atomic E-state index is 0.0150. The summed E-state index contributed by atoms with van der Waals surface area (Å²) in [5.74, 6) is 0. The first-order chi connectivity index (χ1) is 7.29. The van der Waals surface area contributed by atoms with Crippen molar-refractivity contribution in [3.05, 3.63) is 19.2 Å². The van der Waals surface area contributed by atoms with Crippen LogP contribution < -0.4 is 0 Å². The van der Waals surface area contributed by atoms with E-state index < -0.39 is 12.8 Å². The Hall–Kier alpha value is 0.890. The monoisotopic (exact) mass is 444 g/mol. The molecule has 0 N–H and O–H groups in total. The van der Waals surface area contributed by atoms with Crippen molar-refractivity contribution in [3.63, 3.8) is 0 Å². The minimum atomic E-state index is -4.27. The molecule has 1 aromatic rings. The Morgan fingerprint density at radius 1 is 1.38 bits per heavy atom. The summed E-state index contributed by atoms with van der Waals surface area (Å²) in [4.78, 5) is 0.670. The second-order valence-electron chi connectivity index (χ2n) is 2.87. The molecule has 1 aromatic heterocycles. The normalized spacial score (nSPS) is 14.1. The third kappa shape index (κ3) is 5.03. The van der Waals surface area contributed by atoms with Crippen LogP contribution in [0, 0.1) is 0 Å². The molecule has 1 atom stereocenters. The fourth-order valence-corrected chi connectivity index (χ4v) is 3.53. The average molecular weight is 447 g/mol. The Labute approximate surface area is 120 Å². The predicted octanol–water partition coefficient (Wildman–Crippen LogP) is 5.29. The molecule has 0 aliphatic heterocycles. The van der Waals surface area contributed by atoms with E-state index in [9.17, 15) is 13.2 Å². The predicted molar refractivity (Wildman–Crippen MR) is 68.3 cm³/mol. The Morgan fingerprint density at radius 2 is 2.00 bits per heavy atom. The summed E-state index contributed by atoms with van der Waals surface area (Å²) in [5, 5.41) is 0. The van der Waals surface area contributed by atoms with Crippen molar-refractivity contribution in [2.45, 2.75) is 11.0 Å². The second kappa shape index (κ2) is 6.17. The van der Waals surface area contributed by atoms with Crippen LogP contribution in [0.3, 0.4) is 0 Å². The molecule has 0 fully saturated rings. The number of halogens is 6. The summed E-state index contributed by atoms with van der Waals surface area (Å²) in [5.41, 5.74) is 0. The van der Waals surface area contributed by atoms with Crippen LogP contribution in [0.1, 0.15) is 9.70 Å². The molecule has 0 amide bonds. The summed E-state index contributed by atoms with van der Waals surface area (Å²) < 4.78 is 41.8. The van der Waals surface area contributed by atoms with Crippen molar-refractivity contribution in [2.24, 2.45) is 0 Å². The van der Waals surface area contributed by atoms with Gasteiger partial charge in [-0.05, 0) is 37.9 Å². The zero-order valence-electron chi connectivity index (χ0n) is 7.65. The maximum atomic E-state index is 11.8. The van der Waals surface area contributed by atoms with Gasteiger partial charge in [0.1, 0.15) is 6.61 Å². The SMILES string of the molecule is FC(F)(F)COCC(Br)c1cc(Br)c(Br)s1. The zero-order valence-corrected chi connectivity index (χ0v) is 13.2. The number of ether oxygens (including phenoxy) is 1. The van der Waals surface area contributed by atoms with Gasteiger partial charge in [0.2, 0.25) is 0 Å². The van der Waals surface area contributed by atoms with Gasteiger partial charge < -0.3 is 4.74 Å². The highest BCUT2D eigenvalue weighted by Gasteiger charge is 2.28. The molecular formula is C8H6Br3F3OS. The van der Waals surface area contributed by atoms with Gasteiger partial charge in [-0.25, -0.2) is 0 Å². The molecule has 1 unspecified atom stereocenters. The van der Waals surface area contributed by atoms with E-state index >= 15 is 0 Å². The maximum absolute atomic E-state index is 11.8. The first-order valence-corrected chi connectivity index (χ1v) is 7.34. The van der Waals surface area contributed by atoms with Crippen LogP contribution in [0.5, 0.6) is 0 Å². The molecule has 0 aromatic carbocycles. The molecule has 0 bridgehead atoms. The van der Waals surface area contributed by atoms with Crippen LogP contribution in [0.25, 0.3) is 0 Å². The quantitative estimate of drug-likeness (QED) is 0.571. The standard InChI is InChI=1S/C8H6Br3F3OS/c9-4-1-6(16-7(4)11)5(10)2-15-3-8(12,13)14/h1,5H,2-3H2. The summed E-state index contributed by atoms with van der Waals surface area (Å²) in [7, 11) is 0. The molecule has 0 aliphatic carbocycles. The smallest absolute Gasteiger partial charge is 0.370 e. The first-order valence-electron chi connectivity index (χ1n) is 4.03. The average Bonchev–Trinajstić information content (AvgIpc) is 2.45. The van der Waals surface area contributed by atoms with Gasteiger partial charge in [-0.2, -0.15) is 13.2 Å². The number of thiophene rings is 1. The third-order valence-corrected chi connectivity index (χ3v) is 5.93. The summed E-state index contributed by atoms with van der Waals surface area (Å²) in [6.07, 6.45) is -4.27. The number of hydrogen-bond donors (Lipinski definition) is 0. The minimum Gasteiger partial charge on any atom is -0.370 e. The van der Waals surface area contributed by atoms with Crippen molar-refractivity contribution >= 4 is 59.1 Å².